The van der Waals surface area contributed by atoms with Gasteiger partial charge in [-0.05, 0) is 35.7 Å². The molecule has 0 unspecified atom stereocenters. The first-order valence-electron chi connectivity index (χ1n) is 8.87. The van der Waals surface area contributed by atoms with Gasteiger partial charge in [-0.2, -0.15) is 0 Å². The number of aromatic nitrogens is 1. The van der Waals surface area contributed by atoms with Crippen molar-refractivity contribution in [3.8, 4) is 0 Å². The van der Waals surface area contributed by atoms with E-state index in [2.05, 4.69) is 64.7 Å². The molecule has 0 bridgehead atoms. The molecule has 3 aromatic rings. The third kappa shape index (κ3) is 5.26. The second kappa shape index (κ2) is 9.29. The molecular weight excluding hydrogens is 344 g/mol. The van der Waals surface area contributed by atoms with Crippen LogP contribution in [0, 0.1) is 0 Å². The maximum atomic E-state index is 5.41. The normalized spacial score (nSPS) is 11.7. The number of rotatable bonds is 8. The third-order valence-corrected chi connectivity index (χ3v) is 5.18. The standard InChI is InChI=1S/C20H26N4OS/c1-23-13-3-6-17(23)16-24(2)20(21-11-9-18-7-4-14-25-18)22-12-10-19-8-5-15-26-19/h3-8,13-15H,9-12,16H2,1-2H3,(H,21,22). The van der Waals surface area contributed by atoms with Crippen LogP contribution in [-0.4, -0.2) is 35.6 Å². The lowest BCUT2D eigenvalue weighted by molar-refractivity contribution is 0.456. The lowest BCUT2D eigenvalue weighted by Gasteiger charge is -2.23. The van der Waals surface area contributed by atoms with Crippen molar-refractivity contribution in [1.29, 1.82) is 0 Å². The zero-order valence-electron chi connectivity index (χ0n) is 15.4. The van der Waals surface area contributed by atoms with Crippen LogP contribution in [0.3, 0.4) is 0 Å². The number of hydrogen-bond acceptors (Lipinski definition) is 3. The molecule has 0 amide bonds. The summed E-state index contributed by atoms with van der Waals surface area (Å²) in [6.45, 7) is 2.39. The van der Waals surface area contributed by atoms with E-state index in [1.165, 1.54) is 10.6 Å². The highest BCUT2D eigenvalue weighted by Crippen LogP contribution is 2.09. The average Bonchev–Trinajstić information content (AvgIpc) is 3.38. The first-order chi connectivity index (χ1) is 12.7. The van der Waals surface area contributed by atoms with Gasteiger partial charge >= 0.3 is 0 Å². The highest BCUT2D eigenvalue weighted by Gasteiger charge is 2.09. The van der Waals surface area contributed by atoms with Crippen molar-refractivity contribution < 1.29 is 4.42 Å². The number of aliphatic imine (C=N–C) groups is 1. The summed E-state index contributed by atoms with van der Waals surface area (Å²) >= 11 is 1.79. The summed E-state index contributed by atoms with van der Waals surface area (Å²) in [5.41, 5.74) is 1.26. The average molecular weight is 371 g/mol. The first-order valence-corrected chi connectivity index (χ1v) is 9.75. The first kappa shape index (κ1) is 18.3. The molecule has 0 aromatic carbocycles. The zero-order valence-corrected chi connectivity index (χ0v) is 16.2. The van der Waals surface area contributed by atoms with Crippen molar-refractivity contribution in [1.82, 2.24) is 14.8 Å². The lowest BCUT2D eigenvalue weighted by Crippen LogP contribution is -2.40. The van der Waals surface area contributed by atoms with Gasteiger partial charge in [-0.3, -0.25) is 4.99 Å². The van der Waals surface area contributed by atoms with E-state index in [4.69, 9.17) is 9.41 Å². The summed E-state index contributed by atoms with van der Waals surface area (Å²) in [5.74, 6) is 1.91. The zero-order chi connectivity index (χ0) is 18.2. The van der Waals surface area contributed by atoms with Crippen LogP contribution in [0.25, 0.3) is 0 Å². The molecule has 0 saturated carbocycles. The van der Waals surface area contributed by atoms with Crippen LogP contribution in [0.1, 0.15) is 16.3 Å². The molecule has 0 spiro atoms. The molecular formula is C20H26N4OS. The Kier molecular flexibility index (Phi) is 6.55. The monoisotopic (exact) mass is 370 g/mol. The van der Waals surface area contributed by atoms with Gasteiger partial charge in [0.15, 0.2) is 5.96 Å². The van der Waals surface area contributed by atoms with Crippen LogP contribution >= 0.6 is 11.3 Å². The molecule has 0 radical (unpaired) electrons. The van der Waals surface area contributed by atoms with Crippen LogP contribution in [0.2, 0.25) is 0 Å². The van der Waals surface area contributed by atoms with Gasteiger partial charge < -0.3 is 19.2 Å². The number of thiophene rings is 1. The summed E-state index contributed by atoms with van der Waals surface area (Å²) in [7, 11) is 4.15. The molecule has 6 heteroatoms. The van der Waals surface area contributed by atoms with Gasteiger partial charge in [0.25, 0.3) is 0 Å². The van der Waals surface area contributed by atoms with E-state index in [9.17, 15) is 0 Å². The minimum atomic E-state index is 0.779. The Hall–Kier alpha value is -2.47. The fraction of sp³-hybridized carbons (Fsp3) is 0.350. The van der Waals surface area contributed by atoms with Gasteiger partial charge in [0, 0.05) is 56.8 Å². The van der Waals surface area contributed by atoms with Crippen molar-refractivity contribution in [2.45, 2.75) is 19.4 Å². The molecule has 3 rings (SSSR count). The van der Waals surface area contributed by atoms with Gasteiger partial charge in [-0.25, -0.2) is 0 Å². The maximum Gasteiger partial charge on any atom is 0.194 e. The van der Waals surface area contributed by atoms with Crippen LogP contribution in [0.5, 0.6) is 0 Å². The molecule has 0 atom stereocenters. The van der Waals surface area contributed by atoms with E-state index in [1.54, 1.807) is 17.6 Å². The van der Waals surface area contributed by atoms with Gasteiger partial charge in [-0.1, -0.05) is 6.07 Å². The minimum absolute atomic E-state index is 0.779. The highest BCUT2D eigenvalue weighted by atomic mass is 32.1. The minimum Gasteiger partial charge on any atom is -0.469 e. The second-order valence-electron chi connectivity index (χ2n) is 6.26. The number of nitrogens with one attached hydrogen (secondary N) is 1. The lowest BCUT2D eigenvalue weighted by atomic mass is 10.3. The molecule has 0 aliphatic heterocycles. The fourth-order valence-electron chi connectivity index (χ4n) is 2.77. The topological polar surface area (TPSA) is 45.7 Å². The van der Waals surface area contributed by atoms with Gasteiger partial charge in [0.1, 0.15) is 5.76 Å². The van der Waals surface area contributed by atoms with E-state index < -0.39 is 0 Å². The smallest absolute Gasteiger partial charge is 0.194 e. The Morgan fingerprint density at radius 1 is 1.23 bits per heavy atom. The number of furan rings is 1. The predicted molar refractivity (Wildman–Crippen MR) is 108 cm³/mol. The third-order valence-electron chi connectivity index (χ3n) is 4.25. The van der Waals surface area contributed by atoms with E-state index in [1.807, 2.05) is 12.1 Å². The second-order valence-corrected chi connectivity index (χ2v) is 7.29. The summed E-state index contributed by atoms with van der Waals surface area (Å²) < 4.78 is 7.55. The Balaban J connectivity index is 1.59. The number of hydrogen-bond donors (Lipinski definition) is 1. The Labute approximate surface area is 159 Å². The SMILES string of the molecule is CN(Cc1cccn1C)C(=NCCc1cccs1)NCCc1ccco1. The summed E-state index contributed by atoms with van der Waals surface area (Å²) in [6.07, 6.45) is 5.60. The van der Waals surface area contributed by atoms with Crippen LogP contribution in [0.4, 0.5) is 0 Å². The maximum absolute atomic E-state index is 5.41. The molecule has 3 heterocycles. The molecule has 138 valence electrons. The van der Waals surface area contributed by atoms with Gasteiger partial charge in [-0.15, -0.1) is 11.3 Å². The molecule has 5 nitrogen and oxygen atoms in total. The summed E-state index contributed by atoms with van der Waals surface area (Å²) in [6, 6.07) is 12.4. The Bertz CT molecular complexity index is 790. The van der Waals surface area contributed by atoms with E-state index in [-0.39, 0.29) is 0 Å². The Morgan fingerprint density at radius 2 is 2.15 bits per heavy atom. The van der Waals surface area contributed by atoms with Crippen molar-refractivity contribution >= 4 is 17.3 Å². The van der Waals surface area contributed by atoms with Crippen molar-refractivity contribution in [2.75, 3.05) is 20.1 Å². The van der Waals surface area contributed by atoms with Crippen LogP contribution in [0.15, 0.2) is 63.6 Å². The van der Waals surface area contributed by atoms with Crippen molar-refractivity contribution in [3.05, 3.63) is 70.6 Å². The quantitative estimate of drug-likeness (QED) is 0.487. The highest BCUT2D eigenvalue weighted by molar-refractivity contribution is 7.09. The van der Waals surface area contributed by atoms with E-state index in [0.29, 0.717) is 0 Å². The molecule has 0 fully saturated rings. The predicted octanol–water partition coefficient (Wildman–Crippen LogP) is 3.54. The van der Waals surface area contributed by atoms with Gasteiger partial charge in [0.2, 0.25) is 0 Å². The number of guanidine groups is 1. The molecule has 1 N–H and O–H groups in total. The molecule has 0 aliphatic carbocycles. The van der Waals surface area contributed by atoms with Gasteiger partial charge in [0.05, 0.1) is 12.8 Å². The fourth-order valence-corrected chi connectivity index (χ4v) is 3.47. The molecule has 0 saturated heterocycles. The van der Waals surface area contributed by atoms with E-state index in [0.717, 1.165) is 44.2 Å². The largest absolute Gasteiger partial charge is 0.469 e. The molecule has 3 aromatic heterocycles. The number of nitrogens with zero attached hydrogens (tertiary/aromatic N) is 3. The molecule has 0 aliphatic rings. The summed E-state index contributed by atoms with van der Waals surface area (Å²) in [5, 5.41) is 5.59. The number of aryl methyl sites for hydroxylation is 1. The molecule has 26 heavy (non-hydrogen) atoms. The van der Waals surface area contributed by atoms with Crippen molar-refractivity contribution in [3.63, 3.8) is 0 Å². The van der Waals surface area contributed by atoms with Crippen LogP contribution in [-0.2, 0) is 26.4 Å². The summed E-state index contributed by atoms with van der Waals surface area (Å²) in [4.78, 5) is 8.37. The van der Waals surface area contributed by atoms with Crippen LogP contribution < -0.4 is 5.32 Å². The Morgan fingerprint density at radius 3 is 2.85 bits per heavy atom. The van der Waals surface area contributed by atoms with Crippen molar-refractivity contribution in [2.24, 2.45) is 12.0 Å². The van der Waals surface area contributed by atoms with E-state index >= 15 is 0 Å².